The first kappa shape index (κ1) is 18.9. The first-order valence-corrected chi connectivity index (χ1v) is 11.0. The molecule has 2 heterocycles. The predicted molar refractivity (Wildman–Crippen MR) is 114 cm³/mol. The summed E-state index contributed by atoms with van der Waals surface area (Å²) in [4.78, 5) is 34.8. The van der Waals surface area contributed by atoms with E-state index in [0.29, 0.717) is 11.4 Å². The van der Waals surface area contributed by atoms with Crippen LogP contribution in [0.5, 0.6) is 0 Å². The highest BCUT2D eigenvalue weighted by Gasteiger charge is 2.20. The van der Waals surface area contributed by atoms with Crippen molar-refractivity contribution in [1.82, 2.24) is 9.97 Å². The van der Waals surface area contributed by atoms with Gasteiger partial charge in [0.05, 0.1) is 5.75 Å². The maximum Gasteiger partial charge on any atom is 0.234 e. The fraction of sp³-hybridized carbons (Fsp3) is 0.300. The molecule has 144 valence electrons. The highest BCUT2D eigenvalue weighted by atomic mass is 32.2. The molecule has 1 aliphatic carbocycles. The third-order valence-electron chi connectivity index (χ3n) is 4.55. The normalized spacial score (nSPS) is 13.2. The highest BCUT2D eigenvalue weighted by molar-refractivity contribution is 8.00. The van der Waals surface area contributed by atoms with Crippen molar-refractivity contribution in [3.8, 4) is 0 Å². The van der Waals surface area contributed by atoms with E-state index in [2.05, 4.69) is 20.6 Å². The number of nitrogens with zero attached hydrogens (tertiary/aromatic N) is 2. The molecule has 0 saturated carbocycles. The lowest BCUT2D eigenvalue weighted by molar-refractivity contribution is -0.114. The third kappa shape index (κ3) is 4.18. The third-order valence-corrected chi connectivity index (χ3v) is 6.73. The summed E-state index contributed by atoms with van der Waals surface area (Å²) >= 11 is 3.21. The van der Waals surface area contributed by atoms with E-state index in [0.717, 1.165) is 28.1 Å². The summed E-state index contributed by atoms with van der Waals surface area (Å²) in [6.45, 7) is 1.46. The van der Waals surface area contributed by atoms with Crippen molar-refractivity contribution < 1.29 is 9.59 Å². The Hall–Kier alpha value is -2.45. The number of nitrogens with one attached hydrogen (secondary N) is 2. The van der Waals surface area contributed by atoms with E-state index in [-0.39, 0.29) is 17.6 Å². The van der Waals surface area contributed by atoms with Crippen molar-refractivity contribution >= 4 is 56.5 Å². The van der Waals surface area contributed by atoms with E-state index in [1.54, 1.807) is 41.9 Å². The topological polar surface area (TPSA) is 84.0 Å². The average molecular weight is 413 g/mol. The number of hydrogen-bond donors (Lipinski definition) is 2. The summed E-state index contributed by atoms with van der Waals surface area (Å²) < 4.78 is 0. The Morgan fingerprint density at radius 2 is 1.79 bits per heavy atom. The number of aromatic nitrogens is 2. The van der Waals surface area contributed by atoms with Gasteiger partial charge in [-0.1, -0.05) is 11.8 Å². The molecule has 2 N–H and O–H groups in total. The molecular weight excluding hydrogens is 392 g/mol. The Morgan fingerprint density at radius 3 is 2.54 bits per heavy atom. The van der Waals surface area contributed by atoms with Crippen molar-refractivity contribution in [3.63, 3.8) is 0 Å². The molecule has 4 rings (SSSR count). The molecule has 0 saturated heterocycles. The van der Waals surface area contributed by atoms with Crippen LogP contribution in [-0.2, 0) is 22.4 Å². The van der Waals surface area contributed by atoms with Crippen LogP contribution in [0.25, 0.3) is 10.2 Å². The maximum atomic E-state index is 12.4. The van der Waals surface area contributed by atoms with Crippen LogP contribution in [0, 0.1) is 0 Å². The van der Waals surface area contributed by atoms with E-state index in [1.165, 1.54) is 42.0 Å². The Bertz CT molecular complexity index is 1030. The number of thiophene rings is 1. The summed E-state index contributed by atoms with van der Waals surface area (Å²) in [5, 5.41) is 7.61. The summed E-state index contributed by atoms with van der Waals surface area (Å²) in [6, 6.07) is 7.06. The van der Waals surface area contributed by atoms with Gasteiger partial charge in [0.25, 0.3) is 0 Å². The summed E-state index contributed by atoms with van der Waals surface area (Å²) in [5.41, 5.74) is 2.77. The number of hydrogen-bond acceptors (Lipinski definition) is 6. The standard InChI is InChI=1S/C20H20N4O2S2/c1-12(25)23-13-6-8-14(9-7-13)24-17(26)10-27-19-18-15-4-2-3-5-16(15)28-20(18)22-11-21-19/h6-9,11H,2-5,10H2,1H3,(H,23,25)(H,24,26). The zero-order valence-corrected chi connectivity index (χ0v) is 17.1. The van der Waals surface area contributed by atoms with Crippen molar-refractivity contribution in [2.45, 2.75) is 37.6 Å². The van der Waals surface area contributed by atoms with Gasteiger partial charge in [-0.15, -0.1) is 11.3 Å². The van der Waals surface area contributed by atoms with Crippen molar-refractivity contribution in [1.29, 1.82) is 0 Å². The lowest BCUT2D eigenvalue weighted by Crippen LogP contribution is -2.14. The quantitative estimate of drug-likeness (QED) is 0.483. The minimum Gasteiger partial charge on any atom is -0.326 e. The van der Waals surface area contributed by atoms with Gasteiger partial charge in [0.2, 0.25) is 11.8 Å². The largest absolute Gasteiger partial charge is 0.326 e. The Labute approximate surface area is 171 Å². The van der Waals surface area contributed by atoms with Crippen molar-refractivity contribution in [2.75, 3.05) is 16.4 Å². The zero-order chi connectivity index (χ0) is 19.5. The van der Waals surface area contributed by atoms with Crippen LogP contribution in [-0.4, -0.2) is 27.5 Å². The zero-order valence-electron chi connectivity index (χ0n) is 15.4. The SMILES string of the molecule is CC(=O)Nc1ccc(NC(=O)CSc2ncnc3sc4c(c23)CCCC4)cc1. The van der Waals surface area contributed by atoms with Crippen LogP contribution in [0.15, 0.2) is 35.6 Å². The highest BCUT2D eigenvalue weighted by Crippen LogP contribution is 2.39. The molecule has 0 aliphatic heterocycles. The summed E-state index contributed by atoms with van der Waals surface area (Å²) in [5.74, 6) is 0.0672. The number of carbonyl (C=O) groups excluding carboxylic acids is 2. The summed E-state index contributed by atoms with van der Waals surface area (Å²) in [7, 11) is 0. The van der Waals surface area contributed by atoms with Crippen LogP contribution in [0.3, 0.4) is 0 Å². The van der Waals surface area contributed by atoms with E-state index in [1.807, 2.05) is 0 Å². The lowest BCUT2D eigenvalue weighted by Gasteiger charge is -2.11. The van der Waals surface area contributed by atoms with Crippen LogP contribution < -0.4 is 10.6 Å². The number of benzene rings is 1. The van der Waals surface area contributed by atoms with Crippen LogP contribution >= 0.6 is 23.1 Å². The monoisotopic (exact) mass is 412 g/mol. The van der Waals surface area contributed by atoms with E-state index >= 15 is 0 Å². The van der Waals surface area contributed by atoms with Gasteiger partial charge in [-0.2, -0.15) is 0 Å². The number of rotatable bonds is 5. The second kappa shape index (κ2) is 8.28. The number of fused-ring (bicyclic) bond motifs is 3. The van der Waals surface area contributed by atoms with Gasteiger partial charge in [0, 0.05) is 28.6 Å². The molecule has 0 atom stereocenters. The Kier molecular flexibility index (Phi) is 5.59. The molecule has 3 aromatic rings. The smallest absolute Gasteiger partial charge is 0.234 e. The minimum absolute atomic E-state index is 0.0897. The number of carbonyl (C=O) groups is 2. The van der Waals surface area contributed by atoms with Gasteiger partial charge >= 0.3 is 0 Å². The molecule has 1 aromatic carbocycles. The molecule has 0 radical (unpaired) electrons. The van der Waals surface area contributed by atoms with Gasteiger partial charge in [-0.3, -0.25) is 9.59 Å². The number of amides is 2. The first-order valence-electron chi connectivity index (χ1n) is 9.15. The number of aryl methyl sites for hydroxylation is 2. The fourth-order valence-electron chi connectivity index (χ4n) is 3.34. The van der Waals surface area contributed by atoms with Gasteiger partial charge in [0.15, 0.2) is 0 Å². The first-order chi connectivity index (χ1) is 13.6. The molecule has 0 unspecified atom stereocenters. The molecule has 28 heavy (non-hydrogen) atoms. The molecule has 0 bridgehead atoms. The average Bonchev–Trinajstić information content (AvgIpc) is 3.07. The van der Waals surface area contributed by atoms with E-state index < -0.39 is 0 Å². The molecule has 8 heteroatoms. The minimum atomic E-state index is -0.125. The van der Waals surface area contributed by atoms with Gasteiger partial charge in [0.1, 0.15) is 16.2 Å². The molecule has 0 fully saturated rings. The van der Waals surface area contributed by atoms with Gasteiger partial charge in [-0.05, 0) is 55.5 Å². The second-order valence-electron chi connectivity index (χ2n) is 6.67. The predicted octanol–water partition coefficient (Wildman–Crippen LogP) is 4.26. The molecule has 6 nitrogen and oxygen atoms in total. The van der Waals surface area contributed by atoms with Gasteiger partial charge < -0.3 is 10.6 Å². The van der Waals surface area contributed by atoms with Crippen LogP contribution in [0.2, 0.25) is 0 Å². The van der Waals surface area contributed by atoms with Crippen molar-refractivity contribution in [3.05, 3.63) is 41.0 Å². The maximum absolute atomic E-state index is 12.4. The lowest BCUT2D eigenvalue weighted by atomic mass is 9.97. The summed E-state index contributed by atoms with van der Waals surface area (Å²) in [6.07, 6.45) is 6.22. The second-order valence-corrected chi connectivity index (χ2v) is 8.71. The Balaban J connectivity index is 1.42. The van der Waals surface area contributed by atoms with Crippen LogP contribution in [0.4, 0.5) is 11.4 Å². The molecule has 2 amide bonds. The van der Waals surface area contributed by atoms with Crippen LogP contribution in [0.1, 0.15) is 30.2 Å². The molecular formula is C20H20N4O2S2. The molecule has 0 spiro atoms. The van der Waals surface area contributed by atoms with Gasteiger partial charge in [-0.25, -0.2) is 9.97 Å². The number of thioether (sulfide) groups is 1. The fourth-order valence-corrected chi connectivity index (χ4v) is 5.46. The number of anilines is 2. The van der Waals surface area contributed by atoms with E-state index in [4.69, 9.17) is 0 Å². The molecule has 2 aromatic heterocycles. The Morgan fingerprint density at radius 1 is 1.07 bits per heavy atom. The van der Waals surface area contributed by atoms with E-state index in [9.17, 15) is 9.59 Å². The van der Waals surface area contributed by atoms with Crippen molar-refractivity contribution in [2.24, 2.45) is 0 Å². The molecule has 1 aliphatic rings.